The highest BCUT2D eigenvalue weighted by Crippen LogP contribution is 2.48. The van der Waals surface area contributed by atoms with Crippen molar-refractivity contribution >= 4 is 15.5 Å². The molecule has 0 unspecified atom stereocenters. The van der Waals surface area contributed by atoms with Crippen LogP contribution in [0.5, 0.6) is 0 Å². The van der Waals surface area contributed by atoms with Gasteiger partial charge in [-0.2, -0.15) is 0 Å². The van der Waals surface area contributed by atoms with Crippen LogP contribution < -0.4 is 5.73 Å². The molecule has 1 aliphatic heterocycles. The molecule has 4 nitrogen and oxygen atoms in total. The SMILES string of the molecule is CCCC[C@]1(CC)CS(=O)(=O)c2ccc(N)cc2[C@H](c2ccccc2)[C@@H]1O. The molecule has 0 spiro atoms. The van der Waals surface area contributed by atoms with Crippen LogP contribution in [0.2, 0.25) is 0 Å². The van der Waals surface area contributed by atoms with Crippen LogP contribution in [-0.2, 0) is 9.84 Å². The molecule has 0 bridgehead atoms. The first-order valence-electron chi connectivity index (χ1n) is 9.70. The van der Waals surface area contributed by atoms with Crippen molar-refractivity contribution in [3.05, 3.63) is 59.7 Å². The summed E-state index contributed by atoms with van der Waals surface area (Å²) in [7, 11) is -3.53. The molecule has 0 aliphatic carbocycles. The van der Waals surface area contributed by atoms with Gasteiger partial charge < -0.3 is 10.8 Å². The van der Waals surface area contributed by atoms with Crippen molar-refractivity contribution in [1.82, 2.24) is 0 Å². The molecular weight excluding hydrogens is 358 g/mol. The van der Waals surface area contributed by atoms with Gasteiger partial charge in [-0.05, 0) is 42.2 Å². The fourth-order valence-corrected chi connectivity index (χ4v) is 6.67. The third kappa shape index (κ3) is 3.63. The van der Waals surface area contributed by atoms with Gasteiger partial charge in [-0.3, -0.25) is 0 Å². The van der Waals surface area contributed by atoms with Crippen molar-refractivity contribution in [2.45, 2.75) is 56.4 Å². The average molecular weight is 388 g/mol. The van der Waals surface area contributed by atoms with Crippen LogP contribution in [0.15, 0.2) is 53.4 Å². The third-order valence-corrected chi connectivity index (χ3v) is 8.01. The summed E-state index contributed by atoms with van der Waals surface area (Å²) in [5.74, 6) is -0.448. The molecule has 3 rings (SSSR count). The first-order valence-corrected chi connectivity index (χ1v) is 11.3. The van der Waals surface area contributed by atoms with Crippen LogP contribution in [-0.4, -0.2) is 25.4 Å². The van der Waals surface area contributed by atoms with Gasteiger partial charge in [-0.25, -0.2) is 8.42 Å². The number of nitrogen functional groups attached to an aromatic ring is 1. The second-order valence-electron chi connectivity index (χ2n) is 7.71. The lowest BCUT2D eigenvalue weighted by molar-refractivity contribution is 0.0174. The maximum absolute atomic E-state index is 13.3. The standard InChI is InChI=1S/C22H29NO3S/c1-3-5-13-22(4-2)15-27(25,26)19-12-11-17(23)14-18(19)20(21(22)24)16-9-7-6-8-10-16/h6-12,14,20-21,24H,3-5,13,15,23H2,1-2H3/t20-,21-,22+/m0/s1. The molecule has 27 heavy (non-hydrogen) atoms. The minimum absolute atomic E-state index is 0.0298. The fraction of sp³-hybridized carbons (Fsp3) is 0.455. The molecule has 3 atom stereocenters. The minimum atomic E-state index is -3.53. The lowest BCUT2D eigenvalue weighted by atomic mass is 9.69. The number of rotatable bonds is 5. The van der Waals surface area contributed by atoms with Gasteiger partial charge in [0, 0.05) is 17.0 Å². The lowest BCUT2D eigenvalue weighted by Gasteiger charge is -2.39. The van der Waals surface area contributed by atoms with Crippen LogP contribution in [0.4, 0.5) is 5.69 Å². The smallest absolute Gasteiger partial charge is 0.179 e. The van der Waals surface area contributed by atoms with E-state index < -0.39 is 27.3 Å². The predicted molar refractivity (Wildman–Crippen MR) is 109 cm³/mol. The quantitative estimate of drug-likeness (QED) is 0.756. The number of nitrogens with two attached hydrogens (primary N) is 1. The molecule has 5 heteroatoms. The minimum Gasteiger partial charge on any atom is -0.399 e. The number of anilines is 1. The first kappa shape index (κ1) is 19.9. The maximum atomic E-state index is 13.3. The van der Waals surface area contributed by atoms with E-state index in [2.05, 4.69) is 6.92 Å². The average Bonchev–Trinajstić information content (AvgIpc) is 2.72. The number of unbranched alkanes of at least 4 members (excludes halogenated alkanes) is 1. The molecule has 0 fully saturated rings. The fourth-order valence-electron chi connectivity index (χ4n) is 4.42. The zero-order valence-electron chi connectivity index (χ0n) is 16.1. The van der Waals surface area contributed by atoms with E-state index in [9.17, 15) is 13.5 Å². The summed E-state index contributed by atoms with van der Waals surface area (Å²) in [6.07, 6.45) is 2.35. The van der Waals surface area contributed by atoms with E-state index in [0.29, 0.717) is 29.0 Å². The van der Waals surface area contributed by atoms with Gasteiger partial charge in [0.05, 0.1) is 16.8 Å². The summed E-state index contributed by atoms with van der Waals surface area (Å²) in [5, 5.41) is 11.6. The van der Waals surface area contributed by atoms with Crippen LogP contribution in [0, 0.1) is 5.41 Å². The van der Waals surface area contributed by atoms with Crippen molar-refractivity contribution in [3.63, 3.8) is 0 Å². The second-order valence-corrected chi connectivity index (χ2v) is 9.67. The Balaban J connectivity index is 2.28. The molecule has 1 aliphatic rings. The van der Waals surface area contributed by atoms with Gasteiger partial charge in [0.25, 0.3) is 0 Å². The van der Waals surface area contributed by atoms with Gasteiger partial charge in [-0.15, -0.1) is 0 Å². The monoisotopic (exact) mass is 387 g/mol. The van der Waals surface area contributed by atoms with Crippen LogP contribution in [0.3, 0.4) is 0 Å². The maximum Gasteiger partial charge on any atom is 0.179 e. The highest BCUT2D eigenvalue weighted by atomic mass is 32.2. The van der Waals surface area contributed by atoms with E-state index in [1.54, 1.807) is 18.2 Å². The largest absolute Gasteiger partial charge is 0.399 e. The molecule has 146 valence electrons. The predicted octanol–water partition coefficient (Wildman–Crippen LogP) is 4.14. The molecule has 1 heterocycles. The van der Waals surface area contributed by atoms with Gasteiger partial charge in [0.15, 0.2) is 9.84 Å². The summed E-state index contributed by atoms with van der Waals surface area (Å²) in [6.45, 7) is 4.08. The van der Waals surface area contributed by atoms with E-state index in [0.717, 1.165) is 18.4 Å². The number of sulfone groups is 1. The lowest BCUT2D eigenvalue weighted by Crippen LogP contribution is -2.42. The molecule has 0 radical (unpaired) electrons. The highest BCUT2D eigenvalue weighted by molar-refractivity contribution is 7.91. The molecule has 2 aromatic carbocycles. The molecule has 0 saturated carbocycles. The van der Waals surface area contributed by atoms with Crippen LogP contribution >= 0.6 is 0 Å². The van der Waals surface area contributed by atoms with Gasteiger partial charge in [0.2, 0.25) is 0 Å². The Hall–Kier alpha value is -1.85. The normalized spacial score (nSPS) is 26.9. The van der Waals surface area contributed by atoms with E-state index >= 15 is 0 Å². The number of benzene rings is 2. The zero-order valence-corrected chi connectivity index (χ0v) is 16.9. The Morgan fingerprint density at radius 2 is 1.85 bits per heavy atom. The topological polar surface area (TPSA) is 80.4 Å². The summed E-state index contributed by atoms with van der Waals surface area (Å²) in [5.41, 5.74) is 7.37. The van der Waals surface area contributed by atoms with Crippen molar-refractivity contribution < 1.29 is 13.5 Å². The van der Waals surface area contributed by atoms with E-state index in [4.69, 9.17) is 5.73 Å². The van der Waals surface area contributed by atoms with Gasteiger partial charge >= 0.3 is 0 Å². The Labute approximate surface area is 162 Å². The Kier molecular flexibility index (Phi) is 5.63. The summed E-state index contributed by atoms with van der Waals surface area (Å²) < 4.78 is 26.6. The number of fused-ring (bicyclic) bond motifs is 1. The van der Waals surface area contributed by atoms with Crippen LogP contribution in [0.1, 0.15) is 56.6 Å². The number of aliphatic hydroxyl groups excluding tert-OH is 1. The molecule has 2 aromatic rings. The van der Waals surface area contributed by atoms with Crippen LogP contribution in [0.25, 0.3) is 0 Å². The third-order valence-electron chi connectivity index (χ3n) is 6.02. The number of hydrogen-bond donors (Lipinski definition) is 2. The van der Waals surface area contributed by atoms with E-state index in [1.807, 2.05) is 37.3 Å². The second kappa shape index (κ2) is 7.64. The summed E-state index contributed by atoms with van der Waals surface area (Å²) in [6, 6.07) is 14.6. The summed E-state index contributed by atoms with van der Waals surface area (Å²) >= 11 is 0. The summed E-state index contributed by atoms with van der Waals surface area (Å²) in [4.78, 5) is 0.302. The van der Waals surface area contributed by atoms with Crippen molar-refractivity contribution in [3.8, 4) is 0 Å². The number of aliphatic hydroxyl groups is 1. The van der Waals surface area contributed by atoms with Gasteiger partial charge in [-0.1, -0.05) is 57.0 Å². The van der Waals surface area contributed by atoms with Crippen molar-refractivity contribution in [2.24, 2.45) is 5.41 Å². The van der Waals surface area contributed by atoms with Crippen molar-refractivity contribution in [1.29, 1.82) is 0 Å². The molecular formula is C22H29NO3S. The first-order chi connectivity index (χ1) is 12.8. The Morgan fingerprint density at radius 1 is 1.15 bits per heavy atom. The van der Waals surface area contributed by atoms with Crippen molar-refractivity contribution in [2.75, 3.05) is 11.5 Å². The highest BCUT2D eigenvalue weighted by Gasteiger charge is 2.48. The Bertz CT molecular complexity index is 895. The Morgan fingerprint density at radius 3 is 2.48 bits per heavy atom. The zero-order chi connectivity index (χ0) is 19.7. The molecule has 0 aromatic heterocycles. The van der Waals surface area contributed by atoms with E-state index in [1.165, 1.54) is 0 Å². The molecule has 0 amide bonds. The molecule has 3 N–H and O–H groups in total. The molecule has 0 saturated heterocycles. The number of hydrogen-bond acceptors (Lipinski definition) is 4. The van der Waals surface area contributed by atoms with E-state index in [-0.39, 0.29) is 5.75 Å². The van der Waals surface area contributed by atoms with Gasteiger partial charge in [0.1, 0.15) is 0 Å².